The first-order valence-electron chi connectivity index (χ1n) is 8.42. The number of rotatable bonds is 3. The van der Waals surface area contributed by atoms with Crippen molar-refractivity contribution in [1.29, 1.82) is 0 Å². The molecule has 5 nitrogen and oxygen atoms in total. The molecule has 1 aromatic heterocycles. The summed E-state index contributed by atoms with van der Waals surface area (Å²) in [5.74, 6) is 0.792. The fourth-order valence-electron chi connectivity index (χ4n) is 3.17. The molecule has 0 bridgehead atoms. The third kappa shape index (κ3) is 3.55. The molecule has 1 aromatic carbocycles. The molecule has 0 spiro atoms. The maximum Gasteiger partial charge on any atom is 0.274 e. The van der Waals surface area contributed by atoms with Crippen LogP contribution in [0.3, 0.4) is 0 Å². The molecule has 1 fully saturated rings. The largest absolute Gasteiger partial charge is 0.497 e. The van der Waals surface area contributed by atoms with Gasteiger partial charge in [-0.05, 0) is 37.5 Å². The summed E-state index contributed by atoms with van der Waals surface area (Å²) in [5.41, 5.74) is 2.38. The smallest absolute Gasteiger partial charge is 0.274 e. The topological polar surface area (TPSA) is 55.3 Å². The van der Waals surface area contributed by atoms with Crippen LogP contribution in [0, 0.1) is 6.92 Å². The molecule has 0 radical (unpaired) electrons. The first-order valence-corrected chi connectivity index (χ1v) is 8.42. The lowest BCUT2D eigenvalue weighted by Crippen LogP contribution is -2.35. The van der Waals surface area contributed by atoms with E-state index in [4.69, 9.17) is 4.74 Å². The van der Waals surface area contributed by atoms with Gasteiger partial charge in [0.25, 0.3) is 5.91 Å². The van der Waals surface area contributed by atoms with Gasteiger partial charge < -0.3 is 9.64 Å². The van der Waals surface area contributed by atoms with Crippen LogP contribution in [0.1, 0.15) is 53.5 Å². The quantitative estimate of drug-likeness (QED) is 0.866. The first-order chi connectivity index (χ1) is 11.7. The Kier molecular flexibility index (Phi) is 5.08. The van der Waals surface area contributed by atoms with E-state index < -0.39 is 0 Å². The van der Waals surface area contributed by atoms with Gasteiger partial charge in [0.2, 0.25) is 0 Å². The van der Waals surface area contributed by atoms with E-state index in [1.807, 2.05) is 24.0 Å². The molecule has 3 rings (SSSR count). The second-order valence-electron chi connectivity index (χ2n) is 6.18. The Balaban J connectivity index is 1.88. The van der Waals surface area contributed by atoms with E-state index in [2.05, 4.69) is 22.1 Å². The summed E-state index contributed by atoms with van der Waals surface area (Å²) >= 11 is 0. The minimum atomic E-state index is -0.0368. The Morgan fingerprint density at radius 1 is 1.12 bits per heavy atom. The third-order valence-corrected chi connectivity index (χ3v) is 4.51. The zero-order valence-corrected chi connectivity index (χ0v) is 14.2. The van der Waals surface area contributed by atoms with Gasteiger partial charge in [0.15, 0.2) is 0 Å². The summed E-state index contributed by atoms with van der Waals surface area (Å²) in [7, 11) is 1.66. The molecular weight excluding hydrogens is 302 g/mol. The SMILES string of the molecule is COc1ccc([C@H]2CCCCCN2C(=O)c2cnc(C)cn2)cc1. The molecule has 1 amide bonds. The normalized spacial score (nSPS) is 18.1. The zero-order chi connectivity index (χ0) is 16.9. The number of aryl methyl sites for hydroxylation is 1. The Bertz CT molecular complexity index is 683. The van der Waals surface area contributed by atoms with Crippen LogP contribution in [0.15, 0.2) is 36.7 Å². The molecule has 2 aromatic rings. The predicted octanol–water partition coefficient (Wildman–Crippen LogP) is 3.55. The van der Waals surface area contributed by atoms with Crippen LogP contribution in [0.25, 0.3) is 0 Å². The van der Waals surface area contributed by atoms with E-state index >= 15 is 0 Å². The average Bonchev–Trinajstić information content (AvgIpc) is 2.88. The lowest BCUT2D eigenvalue weighted by Gasteiger charge is -2.30. The Morgan fingerprint density at radius 2 is 1.92 bits per heavy atom. The lowest BCUT2D eigenvalue weighted by atomic mass is 10.0. The summed E-state index contributed by atoms with van der Waals surface area (Å²) in [4.78, 5) is 23.4. The highest BCUT2D eigenvalue weighted by molar-refractivity contribution is 5.92. The Labute approximate surface area is 142 Å². The van der Waals surface area contributed by atoms with Crippen molar-refractivity contribution in [3.05, 3.63) is 53.6 Å². The van der Waals surface area contributed by atoms with Crippen LogP contribution in [-0.2, 0) is 0 Å². The summed E-state index contributed by atoms with van der Waals surface area (Å²) in [6, 6.07) is 8.09. The van der Waals surface area contributed by atoms with Crippen molar-refractivity contribution in [2.45, 2.75) is 38.6 Å². The van der Waals surface area contributed by atoms with Gasteiger partial charge in [0, 0.05) is 12.7 Å². The number of aromatic nitrogens is 2. The van der Waals surface area contributed by atoms with Gasteiger partial charge in [-0.3, -0.25) is 9.78 Å². The van der Waals surface area contributed by atoms with Crippen molar-refractivity contribution in [2.75, 3.05) is 13.7 Å². The number of nitrogens with zero attached hydrogens (tertiary/aromatic N) is 3. The van der Waals surface area contributed by atoms with E-state index in [9.17, 15) is 4.79 Å². The van der Waals surface area contributed by atoms with Crippen molar-refractivity contribution in [1.82, 2.24) is 14.9 Å². The van der Waals surface area contributed by atoms with Gasteiger partial charge in [-0.25, -0.2) is 4.98 Å². The lowest BCUT2D eigenvalue weighted by molar-refractivity contribution is 0.0674. The second kappa shape index (κ2) is 7.43. The maximum atomic E-state index is 13.0. The molecule has 2 heterocycles. The monoisotopic (exact) mass is 325 g/mol. The van der Waals surface area contributed by atoms with E-state index in [0.29, 0.717) is 5.69 Å². The van der Waals surface area contributed by atoms with Crippen LogP contribution in [0.5, 0.6) is 5.75 Å². The molecule has 5 heteroatoms. The molecule has 1 aliphatic rings. The molecule has 1 saturated heterocycles. The number of amides is 1. The molecule has 0 saturated carbocycles. The summed E-state index contributed by atoms with van der Waals surface area (Å²) < 4.78 is 5.24. The minimum Gasteiger partial charge on any atom is -0.497 e. The minimum absolute atomic E-state index is 0.0368. The van der Waals surface area contributed by atoms with Crippen LogP contribution in [0.4, 0.5) is 0 Å². The number of ether oxygens (including phenoxy) is 1. The number of likely N-dealkylation sites (tertiary alicyclic amines) is 1. The second-order valence-corrected chi connectivity index (χ2v) is 6.18. The van der Waals surface area contributed by atoms with Gasteiger partial charge in [-0.2, -0.15) is 0 Å². The van der Waals surface area contributed by atoms with Gasteiger partial charge in [-0.1, -0.05) is 25.0 Å². The number of carbonyl (C=O) groups is 1. The highest BCUT2D eigenvalue weighted by Crippen LogP contribution is 2.32. The van der Waals surface area contributed by atoms with Crippen molar-refractivity contribution >= 4 is 5.91 Å². The van der Waals surface area contributed by atoms with Gasteiger partial charge in [-0.15, -0.1) is 0 Å². The molecule has 126 valence electrons. The highest BCUT2D eigenvalue weighted by atomic mass is 16.5. The van der Waals surface area contributed by atoms with Crippen molar-refractivity contribution in [3.63, 3.8) is 0 Å². The Morgan fingerprint density at radius 3 is 2.58 bits per heavy atom. The first kappa shape index (κ1) is 16.4. The molecule has 1 atom stereocenters. The highest BCUT2D eigenvalue weighted by Gasteiger charge is 2.28. The third-order valence-electron chi connectivity index (χ3n) is 4.51. The fourth-order valence-corrected chi connectivity index (χ4v) is 3.17. The average molecular weight is 325 g/mol. The van der Waals surface area contributed by atoms with Crippen molar-refractivity contribution in [3.8, 4) is 5.75 Å². The maximum absolute atomic E-state index is 13.0. The van der Waals surface area contributed by atoms with Crippen LogP contribution in [0.2, 0.25) is 0 Å². The van der Waals surface area contributed by atoms with Crippen LogP contribution in [-0.4, -0.2) is 34.4 Å². The molecule has 1 aliphatic heterocycles. The zero-order valence-electron chi connectivity index (χ0n) is 14.2. The van der Waals surface area contributed by atoms with Crippen molar-refractivity contribution in [2.24, 2.45) is 0 Å². The number of hydrogen-bond donors (Lipinski definition) is 0. The van der Waals surface area contributed by atoms with Crippen molar-refractivity contribution < 1.29 is 9.53 Å². The van der Waals surface area contributed by atoms with Gasteiger partial charge >= 0.3 is 0 Å². The molecule has 0 unspecified atom stereocenters. The number of carbonyl (C=O) groups excluding carboxylic acids is 1. The van der Waals surface area contributed by atoms with E-state index in [1.165, 1.54) is 0 Å². The summed E-state index contributed by atoms with van der Waals surface area (Å²) in [6.07, 6.45) is 7.49. The number of benzene rings is 1. The molecular formula is C19H23N3O2. The number of methoxy groups -OCH3 is 1. The fraction of sp³-hybridized carbons (Fsp3) is 0.421. The predicted molar refractivity (Wildman–Crippen MR) is 92.0 cm³/mol. The van der Waals surface area contributed by atoms with E-state index in [0.717, 1.165) is 49.2 Å². The summed E-state index contributed by atoms with van der Waals surface area (Å²) in [6.45, 7) is 2.62. The van der Waals surface area contributed by atoms with Crippen LogP contribution >= 0.6 is 0 Å². The number of hydrogen-bond acceptors (Lipinski definition) is 4. The van der Waals surface area contributed by atoms with Gasteiger partial charge in [0.1, 0.15) is 11.4 Å². The van der Waals surface area contributed by atoms with E-state index in [1.54, 1.807) is 19.5 Å². The Hall–Kier alpha value is -2.43. The molecule has 0 N–H and O–H groups in total. The molecule has 0 aliphatic carbocycles. The summed E-state index contributed by atoms with van der Waals surface area (Å²) in [5, 5.41) is 0. The van der Waals surface area contributed by atoms with Crippen LogP contribution < -0.4 is 4.74 Å². The van der Waals surface area contributed by atoms with E-state index in [-0.39, 0.29) is 11.9 Å². The standard InChI is InChI=1S/C19H23N3O2/c1-14-12-21-17(13-20-14)19(23)22-11-5-3-4-6-18(22)15-7-9-16(24-2)10-8-15/h7-10,12-13,18H,3-6,11H2,1-2H3/t18-/m1/s1. The van der Waals surface area contributed by atoms with Gasteiger partial charge in [0.05, 0.1) is 25.0 Å². The molecule has 24 heavy (non-hydrogen) atoms.